The highest BCUT2D eigenvalue weighted by atomic mass is 79.9. The van der Waals surface area contributed by atoms with E-state index in [0.717, 1.165) is 10.2 Å². The molecule has 0 bridgehead atoms. The van der Waals surface area contributed by atoms with Crippen LogP contribution in [-0.2, 0) is 6.54 Å². The van der Waals surface area contributed by atoms with Crippen LogP contribution in [0.3, 0.4) is 0 Å². The van der Waals surface area contributed by atoms with Crippen LogP contribution < -0.4 is 10.1 Å². The predicted molar refractivity (Wildman–Crippen MR) is 84.1 cm³/mol. The Morgan fingerprint density at radius 1 is 1.43 bits per heavy atom. The molecule has 1 aromatic carbocycles. The first-order valence-corrected chi connectivity index (χ1v) is 7.70. The number of benzene rings is 1. The quantitative estimate of drug-likeness (QED) is 0.861. The maximum Gasteiger partial charge on any atom is 0.161 e. The van der Waals surface area contributed by atoms with Gasteiger partial charge in [0.1, 0.15) is 11.5 Å². The van der Waals surface area contributed by atoms with Gasteiger partial charge in [-0.2, -0.15) is 5.10 Å². The molecule has 1 heterocycles. The third-order valence-corrected chi connectivity index (χ3v) is 4.03. The lowest BCUT2D eigenvalue weighted by Gasteiger charge is -2.22. The first-order valence-electron chi connectivity index (χ1n) is 6.90. The summed E-state index contributed by atoms with van der Waals surface area (Å²) < 4.78 is 22.3. The van der Waals surface area contributed by atoms with E-state index >= 15 is 0 Å². The van der Waals surface area contributed by atoms with Gasteiger partial charge in [0, 0.05) is 16.6 Å². The zero-order valence-corrected chi connectivity index (χ0v) is 13.9. The third kappa shape index (κ3) is 3.11. The van der Waals surface area contributed by atoms with Gasteiger partial charge in [-0.1, -0.05) is 28.9 Å². The summed E-state index contributed by atoms with van der Waals surface area (Å²) in [5, 5.41) is 7.63. The van der Waals surface area contributed by atoms with Gasteiger partial charge in [-0.3, -0.25) is 4.68 Å². The fourth-order valence-electron chi connectivity index (χ4n) is 2.40. The number of nitrogens with one attached hydrogen (secondary N) is 1. The molecule has 21 heavy (non-hydrogen) atoms. The molecule has 0 spiro atoms. The fraction of sp³-hybridized carbons (Fsp3) is 0.400. The second kappa shape index (κ2) is 7.04. The first kappa shape index (κ1) is 16.0. The van der Waals surface area contributed by atoms with Gasteiger partial charge in [0.05, 0.1) is 19.3 Å². The Hall–Kier alpha value is -1.40. The van der Waals surface area contributed by atoms with Gasteiger partial charge in [0.25, 0.3) is 0 Å². The van der Waals surface area contributed by atoms with Crippen molar-refractivity contribution in [1.82, 2.24) is 15.1 Å². The van der Waals surface area contributed by atoms with E-state index in [1.807, 2.05) is 24.6 Å². The summed E-state index contributed by atoms with van der Waals surface area (Å²) in [7, 11) is 1.60. The van der Waals surface area contributed by atoms with Crippen LogP contribution in [0.4, 0.5) is 4.39 Å². The molecule has 2 rings (SSSR count). The lowest BCUT2D eigenvalue weighted by molar-refractivity contribution is 0.398. The number of rotatable bonds is 6. The molecule has 0 aliphatic heterocycles. The Morgan fingerprint density at radius 2 is 2.19 bits per heavy atom. The molecule has 0 saturated carbocycles. The van der Waals surface area contributed by atoms with Crippen molar-refractivity contribution in [2.75, 3.05) is 13.7 Å². The molecule has 1 N–H and O–H groups in total. The normalized spacial score (nSPS) is 12.4. The van der Waals surface area contributed by atoms with Gasteiger partial charge in [-0.15, -0.1) is 0 Å². The Labute approximate surface area is 132 Å². The number of hydrogen-bond acceptors (Lipinski definition) is 3. The number of halogens is 2. The van der Waals surface area contributed by atoms with E-state index in [1.54, 1.807) is 19.4 Å². The Morgan fingerprint density at radius 3 is 2.76 bits per heavy atom. The summed E-state index contributed by atoms with van der Waals surface area (Å²) in [6.07, 6.45) is 1.66. The third-order valence-electron chi connectivity index (χ3n) is 3.33. The molecule has 6 heteroatoms. The van der Waals surface area contributed by atoms with Gasteiger partial charge >= 0.3 is 0 Å². The molecule has 1 aromatic heterocycles. The number of ether oxygens (including phenoxy) is 1. The number of nitrogens with zero attached hydrogens (tertiary/aromatic N) is 2. The highest BCUT2D eigenvalue weighted by Crippen LogP contribution is 2.35. The van der Waals surface area contributed by atoms with Crippen molar-refractivity contribution in [2.45, 2.75) is 26.4 Å². The Bertz CT molecular complexity index is 573. The first-order chi connectivity index (χ1) is 10.1. The van der Waals surface area contributed by atoms with Gasteiger partial charge < -0.3 is 10.1 Å². The van der Waals surface area contributed by atoms with E-state index in [2.05, 4.69) is 26.3 Å². The van der Waals surface area contributed by atoms with E-state index < -0.39 is 0 Å². The summed E-state index contributed by atoms with van der Waals surface area (Å²) in [6.45, 7) is 5.37. The maximum absolute atomic E-state index is 14.3. The highest BCUT2D eigenvalue weighted by Gasteiger charge is 2.26. The molecule has 2 aromatic rings. The van der Waals surface area contributed by atoms with Gasteiger partial charge in [-0.25, -0.2) is 4.39 Å². The zero-order chi connectivity index (χ0) is 15.4. The summed E-state index contributed by atoms with van der Waals surface area (Å²) in [5.74, 6) is 0.388. The average molecular weight is 356 g/mol. The van der Waals surface area contributed by atoms with Crippen LogP contribution in [-0.4, -0.2) is 23.4 Å². The summed E-state index contributed by atoms with van der Waals surface area (Å²) >= 11 is 3.45. The van der Waals surface area contributed by atoms with Gasteiger partial charge in [-0.05, 0) is 25.6 Å². The Kier molecular flexibility index (Phi) is 5.36. The number of aryl methyl sites for hydroxylation is 1. The molecular weight excluding hydrogens is 337 g/mol. The lowest BCUT2D eigenvalue weighted by Crippen LogP contribution is -2.26. The van der Waals surface area contributed by atoms with Crippen LogP contribution >= 0.6 is 15.9 Å². The summed E-state index contributed by atoms with van der Waals surface area (Å²) in [6, 6.07) is 4.65. The largest absolute Gasteiger partial charge is 0.493 e. The predicted octanol–water partition coefficient (Wildman–Crippen LogP) is 3.51. The molecule has 0 saturated heterocycles. The SMILES string of the molecule is CCNC(c1c(F)cccc1Br)c1c(OC)cnn1CC. The van der Waals surface area contributed by atoms with E-state index in [1.165, 1.54) is 6.07 Å². The molecule has 0 aliphatic rings. The lowest BCUT2D eigenvalue weighted by atomic mass is 10.0. The van der Waals surface area contributed by atoms with Crippen molar-refractivity contribution in [3.8, 4) is 5.75 Å². The molecule has 0 fully saturated rings. The molecule has 0 amide bonds. The van der Waals surface area contributed by atoms with Crippen molar-refractivity contribution < 1.29 is 9.13 Å². The van der Waals surface area contributed by atoms with Crippen molar-refractivity contribution >= 4 is 15.9 Å². The van der Waals surface area contributed by atoms with Crippen LogP contribution in [0, 0.1) is 5.82 Å². The van der Waals surface area contributed by atoms with Crippen molar-refractivity contribution in [2.24, 2.45) is 0 Å². The van der Waals surface area contributed by atoms with Gasteiger partial charge in [0.15, 0.2) is 5.75 Å². The van der Waals surface area contributed by atoms with E-state index in [0.29, 0.717) is 24.4 Å². The van der Waals surface area contributed by atoms with Crippen LogP contribution in [0.5, 0.6) is 5.75 Å². The van der Waals surface area contributed by atoms with Gasteiger partial charge in [0.2, 0.25) is 0 Å². The van der Waals surface area contributed by atoms with Crippen LogP contribution in [0.2, 0.25) is 0 Å². The van der Waals surface area contributed by atoms with E-state index in [-0.39, 0.29) is 11.9 Å². The highest BCUT2D eigenvalue weighted by molar-refractivity contribution is 9.10. The number of methoxy groups -OCH3 is 1. The fourth-order valence-corrected chi connectivity index (χ4v) is 2.98. The minimum atomic E-state index is -0.331. The molecular formula is C15H19BrFN3O. The molecule has 4 nitrogen and oxygen atoms in total. The second-order valence-corrected chi connectivity index (χ2v) is 5.39. The number of hydrogen-bond donors (Lipinski definition) is 1. The molecule has 1 unspecified atom stereocenters. The standard InChI is InChI=1S/C15H19BrFN3O/c1-4-18-14(13-10(16)7-6-8-11(13)17)15-12(21-3)9-19-20(15)5-2/h6-9,14,18H,4-5H2,1-3H3. The second-order valence-electron chi connectivity index (χ2n) is 4.54. The maximum atomic E-state index is 14.3. The van der Waals surface area contributed by atoms with Crippen LogP contribution in [0.15, 0.2) is 28.9 Å². The van der Waals surface area contributed by atoms with Crippen molar-refractivity contribution in [3.05, 3.63) is 45.9 Å². The summed E-state index contributed by atoms with van der Waals surface area (Å²) in [4.78, 5) is 0. The Balaban J connectivity index is 2.61. The smallest absolute Gasteiger partial charge is 0.161 e. The average Bonchev–Trinajstić information content (AvgIpc) is 2.88. The van der Waals surface area contributed by atoms with E-state index in [4.69, 9.17) is 4.74 Å². The minimum absolute atomic E-state index is 0.263. The van der Waals surface area contributed by atoms with Crippen molar-refractivity contribution in [1.29, 1.82) is 0 Å². The molecule has 0 radical (unpaired) electrons. The van der Waals surface area contributed by atoms with Crippen LogP contribution in [0.1, 0.15) is 31.1 Å². The zero-order valence-electron chi connectivity index (χ0n) is 12.4. The molecule has 0 aliphatic carbocycles. The van der Waals surface area contributed by atoms with Crippen molar-refractivity contribution in [3.63, 3.8) is 0 Å². The summed E-state index contributed by atoms with van der Waals surface area (Å²) in [5.41, 5.74) is 1.39. The van der Waals surface area contributed by atoms with E-state index in [9.17, 15) is 4.39 Å². The molecule has 114 valence electrons. The van der Waals surface area contributed by atoms with Crippen LogP contribution in [0.25, 0.3) is 0 Å². The topological polar surface area (TPSA) is 39.1 Å². The number of aromatic nitrogens is 2. The monoisotopic (exact) mass is 355 g/mol. The minimum Gasteiger partial charge on any atom is -0.493 e. The molecule has 1 atom stereocenters.